The Balaban J connectivity index is 2.13. The van der Waals surface area contributed by atoms with Crippen LogP contribution in [-0.2, 0) is 4.79 Å². The van der Waals surface area contributed by atoms with E-state index in [2.05, 4.69) is 43.5 Å². The SMILES string of the molecule is CCCC1(C(=O)Nc2ccc(C)c(C)c2)CCCNC1. The Morgan fingerprint density at radius 3 is 2.75 bits per heavy atom. The van der Waals surface area contributed by atoms with Crippen molar-refractivity contribution in [1.82, 2.24) is 5.32 Å². The lowest BCUT2D eigenvalue weighted by Gasteiger charge is -2.36. The minimum Gasteiger partial charge on any atom is -0.326 e. The normalized spacial score (nSPS) is 22.6. The molecule has 1 amide bonds. The first-order chi connectivity index (χ1) is 9.57. The van der Waals surface area contributed by atoms with E-state index >= 15 is 0 Å². The van der Waals surface area contributed by atoms with Crippen molar-refractivity contribution in [2.24, 2.45) is 5.41 Å². The van der Waals surface area contributed by atoms with Gasteiger partial charge in [-0.25, -0.2) is 0 Å². The monoisotopic (exact) mass is 274 g/mol. The highest BCUT2D eigenvalue weighted by atomic mass is 16.2. The molecule has 0 saturated carbocycles. The van der Waals surface area contributed by atoms with Gasteiger partial charge in [-0.15, -0.1) is 0 Å². The van der Waals surface area contributed by atoms with Crippen molar-refractivity contribution in [2.75, 3.05) is 18.4 Å². The quantitative estimate of drug-likeness (QED) is 0.883. The highest BCUT2D eigenvalue weighted by Crippen LogP contribution is 2.33. The van der Waals surface area contributed by atoms with E-state index in [1.807, 2.05) is 6.07 Å². The van der Waals surface area contributed by atoms with E-state index in [9.17, 15) is 4.79 Å². The molecule has 0 radical (unpaired) electrons. The molecule has 1 aromatic rings. The molecule has 1 aliphatic rings. The second-order valence-electron chi connectivity index (χ2n) is 6.06. The summed E-state index contributed by atoms with van der Waals surface area (Å²) >= 11 is 0. The third kappa shape index (κ3) is 3.21. The minimum atomic E-state index is -0.230. The maximum absolute atomic E-state index is 12.7. The van der Waals surface area contributed by atoms with Gasteiger partial charge in [-0.1, -0.05) is 19.4 Å². The van der Waals surface area contributed by atoms with Gasteiger partial charge in [-0.2, -0.15) is 0 Å². The summed E-state index contributed by atoms with van der Waals surface area (Å²) in [7, 11) is 0. The molecule has 1 saturated heterocycles. The molecule has 0 aliphatic carbocycles. The van der Waals surface area contributed by atoms with Crippen LogP contribution in [0.4, 0.5) is 5.69 Å². The molecule has 1 unspecified atom stereocenters. The smallest absolute Gasteiger partial charge is 0.231 e. The number of anilines is 1. The molecule has 2 rings (SSSR count). The van der Waals surface area contributed by atoms with Crippen molar-refractivity contribution in [3.05, 3.63) is 29.3 Å². The molecule has 0 aromatic heterocycles. The number of hydrogen-bond acceptors (Lipinski definition) is 2. The van der Waals surface area contributed by atoms with Crippen molar-refractivity contribution in [3.8, 4) is 0 Å². The first-order valence-corrected chi connectivity index (χ1v) is 7.67. The Hall–Kier alpha value is -1.35. The van der Waals surface area contributed by atoms with Crippen LogP contribution in [0.15, 0.2) is 18.2 Å². The summed E-state index contributed by atoms with van der Waals surface area (Å²) in [6.07, 6.45) is 4.07. The fourth-order valence-electron chi connectivity index (χ4n) is 3.05. The third-order valence-corrected chi connectivity index (χ3v) is 4.45. The summed E-state index contributed by atoms with van der Waals surface area (Å²) in [6, 6.07) is 6.12. The number of piperidine rings is 1. The minimum absolute atomic E-state index is 0.176. The molecule has 3 heteroatoms. The van der Waals surface area contributed by atoms with Crippen molar-refractivity contribution in [1.29, 1.82) is 0 Å². The number of carbonyl (C=O) groups is 1. The van der Waals surface area contributed by atoms with E-state index in [4.69, 9.17) is 0 Å². The van der Waals surface area contributed by atoms with Crippen LogP contribution in [-0.4, -0.2) is 19.0 Å². The molecular formula is C17H26N2O. The number of hydrogen-bond donors (Lipinski definition) is 2. The zero-order valence-electron chi connectivity index (χ0n) is 12.9. The van der Waals surface area contributed by atoms with Crippen LogP contribution in [0.1, 0.15) is 43.7 Å². The molecule has 2 N–H and O–H groups in total. The summed E-state index contributed by atoms with van der Waals surface area (Å²) in [6.45, 7) is 8.15. The van der Waals surface area contributed by atoms with Gasteiger partial charge >= 0.3 is 0 Å². The van der Waals surface area contributed by atoms with Crippen LogP contribution in [0.2, 0.25) is 0 Å². The standard InChI is InChI=1S/C17H26N2O/c1-4-8-17(9-5-10-18-12-17)16(20)19-15-7-6-13(2)14(3)11-15/h6-7,11,18H,4-5,8-10,12H2,1-3H3,(H,19,20). The molecule has 110 valence electrons. The molecule has 20 heavy (non-hydrogen) atoms. The number of carbonyl (C=O) groups excluding carboxylic acids is 1. The second kappa shape index (κ2) is 6.40. The van der Waals surface area contributed by atoms with E-state index in [-0.39, 0.29) is 11.3 Å². The zero-order valence-corrected chi connectivity index (χ0v) is 12.9. The predicted octanol–water partition coefficient (Wildman–Crippen LogP) is 3.41. The Bertz CT molecular complexity index is 470. The fraction of sp³-hybridized carbons (Fsp3) is 0.588. The topological polar surface area (TPSA) is 41.1 Å². The fourth-order valence-corrected chi connectivity index (χ4v) is 3.05. The van der Waals surface area contributed by atoms with Gasteiger partial charge in [0.05, 0.1) is 5.41 Å². The average molecular weight is 274 g/mol. The van der Waals surface area contributed by atoms with Crippen LogP contribution in [0, 0.1) is 19.3 Å². The second-order valence-corrected chi connectivity index (χ2v) is 6.06. The lowest BCUT2D eigenvalue weighted by atomic mass is 9.76. The van der Waals surface area contributed by atoms with Gasteiger partial charge in [-0.05, 0) is 62.9 Å². The maximum atomic E-state index is 12.7. The van der Waals surface area contributed by atoms with Crippen LogP contribution >= 0.6 is 0 Å². The summed E-state index contributed by atoms with van der Waals surface area (Å²) < 4.78 is 0. The van der Waals surface area contributed by atoms with Crippen LogP contribution in [0.25, 0.3) is 0 Å². The van der Waals surface area contributed by atoms with Gasteiger partial charge in [0.1, 0.15) is 0 Å². The number of nitrogens with one attached hydrogen (secondary N) is 2. The summed E-state index contributed by atoms with van der Waals surface area (Å²) in [5.74, 6) is 0.176. The molecular weight excluding hydrogens is 248 g/mol. The first-order valence-electron chi connectivity index (χ1n) is 7.67. The van der Waals surface area contributed by atoms with Crippen LogP contribution in [0.3, 0.4) is 0 Å². The molecule has 1 aliphatic heterocycles. The van der Waals surface area contributed by atoms with E-state index in [0.29, 0.717) is 0 Å². The van der Waals surface area contributed by atoms with Gasteiger partial charge in [0.25, 0.3) is 0 Å². The van der Waals surface area contributed by atoms with Crippen molar-refractivity contribution in [2.45, 2.75) is 46.5 Å². The van der Waals surface area contributed by atoms with E-state index in [0.717, 1.165) is 44.5 Å². The van der Waals surface area contributed by atoms with E-state index in [1.165, 1.54) is 11.1 Å². The molecule has 0 bridgehead atoms. The summed E-state index contributed by atoms with van der Waals surface area (Å²) in [5.41, 5.74) is 3.16. The highest BCUT2D eigenvalue weighted by molar-refractivity contribution is 5.95. The maximum Gasteiger partial charge on any atom is 0.231 e. The van der Waals surface area contributed by atoms with Crippen molar-refractivity contribution in [3.63, 3.8) is 0 Å². The highest BCUT2D eigenvalue weighted by Gasteiger charge is 2.38. The molecule has 1 aromatic carbocycles. The number of amides is 1. The summed E-state index contributed by atoms with van der Waals surface area (Å²) in [4.78, 5) is 12.7. The summed E-state index contributed by atoms with van der Waals surface area (Å²) in [5, 5.41) is 6.51. The lowest BCUT2D eigenvalue weighted by Crippen LogP contribution is -2.48. The van der Waals surface area contributed by atoms with Crippen molar-refractivity contribution >= 4 is 11.6 Å². The molecule has 0 spiro atoms. The number of rotatable bonds is 4. The molecule has 1 heterocycles. The molecule has 1 fully saturated rings. The van der Waals surface area contributed by atoms with Gasteiger partial charge in [0, 0.05) is 12.2 Å². The molecule has 3 nitrogen and oxygen atoms in total. The van der Waals surface area contributed by atoms with E-state index < -0.39 is 0 Å². The lowest BCUT2D eigenvalue weighted by molar-refractivity contribution is -0.127. The van der Waals surface area contributed by atoms with Gasteiger partial charge in [0.15, 0.2) is 0 Å². The Labute approximate surface area is 122 Å². The Morgan fingerprint density at radius 1 is 1.35 bits per heavy atom. The first kappa shape index (κ1) is 15.0. The van der Waals surface area contributed by atoms with Gasteiger partial charge in [-0.3, -0.25) is 4.79 Å². The molecule has 1 atom stereocenters. The predicted molar refractivity (Wildman–Crippen MR) is 84.0 cm³/mol. The largest absolute Gasteiger partial charge is 0.326 e. The van der Waals surface area contributed by atoms with E-state index in [1.54, 1.807) is 0 Å². The third-order valence-electron chi connectivity index (χ3n) is 4.45. The van der Waals surface area contributed by atoms with Crippen molar-refractivity contribution < 1.29 is 4.79 Å². The zero-order chi connectivity index (χ0) is 14.6. The number of aryl methyl sites for hydroxylation is 2. The number of benzene rings is 1. The van der Waals surface area contributed by atoms with Crippen LogP contribution < -0.4 is 10.6 Å². The Morgan fingerprint density at radius 2 is 2.15 bits per heavy atom. The van der Waals surface area contributed by atoms with Gasteiger partial charge < -0.3 is 10.6 Å². The Kier molecular flexibility index (Phi) is 4.81. The van der Waals surface area contributed by atoms with Gasteiger partial charge in [0.2, 0.25) is 5.91 Å². The van der Waals surface area contributed by atoms with Crippen LogP contribution in [0.5, 0.6) is 0 Å². The average Bonchev–Trinajstić information content (AvgIpc) is 2.44.